The molecule has 2 aromatic carbocycles. The van der Waals surface area contributed by atoms with Gasteiger partial charge < -0.3 is 5.32 Å². The lowest BCUT2D eigenvalue weighted by Crippen LogP contribution is -2.36. The van der Waals surface area contributed by atoms with E-state index >= 15 is 0 Å². The number of carbonyl (C=O) groups excluding carboxylic acids is 1. The summed E-state index contributed by atoms with van der Waals surface area (Å²) >= 11 is 6.02. The molecule has 1 aromatic heterocycles. The third-order valence-corrected chi connectivity index (χ3v) is 7.57. The Morgan fingerprint density at radius 1 is 1.10 bits per heavy atom. The van der Waals surface area contributed by atoms with Crippen LogP contribution in [0.3, 0.4) is 0 Å². The maximum absolute atomic E-state index is 13.1. The minimum atomic E-state index is -3.60. The molecule has 1 aliphatic heterocycles. The van der Waals surface area contributed by atoms with E-state index in [0.717, 1.165) is 24.9 Å². The number of rotatable bonds is 5. The molecule has 0 atom stereocenters. The number of benzene rings is 2. The van der Waals surface area contributed by atoms with Crippen LogP contribution in [0.1, 0.15) is 35.2 Å². The zero-order valence-corrected chi connectivity index (χ0v) is 18.7. The summed E-state index contributed by atoms with van der Waals surface area (Å²) in [6.45, 7) is 2.82. The second-order valence-electron chi connectivity index (χ2n) is 7.55. The number of nitrogens with one attached hydrogen (secondary N) is 1. The zero-order chi connectivity index (χ0) is 22.0. The van der Waals surface area contributed by atoms with Crippen molar-refractivity contribution < 1.29 is 13.2 Å². The minimum Gasteiger partial charge on any atom is -0.322 e. The number of halogens is 1. The van der Waals surface area contributed by atoms with Crippen LogP contribution in [0.2, 0.25) is 5.02 Å². The number of aryl methyl sites for hydroxylation is 1. The Labute approximate surface area is 186 Å². The van der Waals surface area contributed by atoms with Crippen molar-refractivity contribution in [2.45, 2.75) is 31.1 Å². The van der Waals surface area contributed by atoms with Gasteiger partial charge in [0, 0.05) is 30.0 Å². The molecule has 162 valence electrons. The van der Waals surface area contributed by atoms with Crippen LogP contribution in [0.15, 0.2) is 59.8 Å². The van der Waals surface area contributed by atoms with E-state index in [0.29, 0.717) is 34.9 Å². The fourth-order valence-corrected chi connectivity index (χ4v) is 5.56. The van der Waals surface area contributed by atoms with Gasteiger partial charge in [0.25, 0.3) is 5.91 Å². The van der Waals surface area contributed by atoms with Gasteiger partial charge in [-0.2, -0.15) is 9.40 Å². The third-order valence-electron chi connectivity index (χ3n) is 5.30. The van der Waals surface area contributed by atoms with Crippen molar-refractivity contribution in [2.75, 3.05) is 18.4 Å². The van der Waals surface area contributed by atoms with Gasteiger partial charge >= 0.3 is 0 Å². The third kappa shape index (κ3) is 4.66. The topological polar surface area (TPSA) is 84.3 Å². The molecule has 7 nitrogen and oxygen atoms in total. The highest BCUT2D eigenvalue weighted by molar-refractivity contribution is 7.89. The summed E-state index contributed by atoms with van der Waals surface area (Å²) in [4.78, 5) is 12.9. The van der Waals surface area contributed by atoms with Gasteiger partial charge in [-0.05, 0) is 55.7 Å². The normalized spacial score (nSPS) is 15.0. The van der Waals surface area contributed by atoms with E-state index < -0.39 is 10.0 Å². The molecule has 1 saturated heterocycles. The predicted molar refractivity (Wildman–Crippen MR) is 120 cm³/mol. The van der Waals surface area contributed by atoms with Gasteiger partial charge in [0.15, 0.2) is 0 Å². The summed E-state index contributed by atoms with van der Waals surface area (Å²) in [5.74, 6) is -0.376. The molecule has 0 aliphatic carbocycles. The molecule has 0 bridgehead atoms. The summed E-state index contributed by atoms with van der Waals surface area (Å²) in [5.41, 5.74) is 2.15. The second kappa shape index (κ2) is 8.82. The van der Waals surface area contributed by atoms with Crippen molar-refractivity contribution in [1.82, 2.24) is 14.1 Å². The van der Waals surface area contributed by atoms with Crippen molar-refractivity contribution in [3.63, 3.8) is 0 Å². The number of anilines is 1. The average molecular weight is 459 g/mol. The number of aromatic nitrogens is 2. The highest BCUT2D eigenvalue weighted by Crippen LogP contribution is 2.26. The van der Waals surface area contributed by atoms with E-state index in [4.69, 9.17) is 11.6 Å². The van der Waals surface area contributed by atoms with Gasteiger partial charge in [-0.3, -0.25) is 4.79 Å². The first-order valence-electron chi connectivity index (χ1n) is 10.1. The van der Waals surface area contributed by atoms with Gasteiger partial charge in [0.1, 0.15) is 0 Å². The van der Waals surface area contributed by atoms with Crippen molar-refractivity contribution in [3.05, 3.63) is 71.0 Å². The monoisotopic (exact) mass is 458 g/mol. The predicted octanol–water partition coefficient (Wildman–Crippen LogP) is 4.26. The van der Waals surface area contributed by atoms with Crippen LogP contribution in [0.5, 0.6) is 0 Å². The van der Waals surface area contributed by atoms with Gasteiger partial charge in [0.2, 0.25) is 10.0 Å². The molecule has 0 radical (unpaired) electrons. The average Bonchev–Trinajstić information content (AvgIpc) is 3.26. The fourth-order valence-electron chi connectivity index (χ4n) is 3.60. The van der Waals surface area contributed by atoms with E-state index in [1.54, 1.807) is 48.1 Å². The molecular formula is C22H23ClN4O3S. The molecule has 0 spiro atoms. The number of piperidine rings is 1. The molecule has 0 unspecified atom stereocenters. The van der Waals surface area contributed by atoms with Gasteiger partial charge in [0.05, 0.1) is 22.3 Å². The molecule has 1 amide bonds. The van der Waals surface area contributed by atoms with Gasteiger partial charge in [-0.1, -0.05) is 30.2 Å². The van der Waals surface area contributed by atoms with Crippen LogP contribution >= 0.6 is 11.6 Å². The van der Waals surface area contributed by atoms with E-state index in [9.17, 15) is 13.2 Å². The van der Waals surface area contributed by atoms with Gasteiger partial charge in [-0.25, -0.2) is 13.1 Å². The first-order valence-corrected chi connectivity index (χ1v) is 11.9. The lowest BCUT2D eigenvalue weighted by molar-refractivity contribution is 0.102. The largest absolute Gasteiger partial charge is 0.322 e. The maximum atomic E-state index is 13.1. The number of nitrogens with zero attached hydrogens (tertiary/aromatic N) is 3. The highest BCUT2D eigenvalue weighted by Gasteiger charge is 2.27. The van der Waals surface area contributed by atoms with Crippen LogP contribution in [0.4, 0.5) is 5.69 Å². The molecule has 1 N–H and O–H groups in total. The number of amides is 1. The first kappa shape index (κ1) is 21.5. The molecule has 3 aromatic rings. The second-order valence-corrected chi connectivity index (χ2v) is 9.90. The fraction of sp³-hybridized carbons (Fsp3) is 0.273. The van der Waals surface area contributed by atoms with Crippen LogP contribution < -0.4 is 5.32 Å². The van der Waals surface area contributed by atoms with Crippen LogP contribution in [0.25, 0.3) is 5.69 Å². The Morgan fingerprint density at radius 2 is 1.87 bits per heavy atom. The Morgan fingerprint density at radius 3 is 2.61 bits per heavy atom. The number of hydrogen-bond acceptors (Lipinski definition) is 4. The molecule has 9 heteroatoms. The Hall–Kier alpha value is -2.68. The molecule has 1 aliphatic rings. The molecule has 31 heavy (non-hydrogen) atoms. The van der Waals surface area contributed by atoms with Crippen molar-refractivity contribution in [3.8, 4) is 5.69 Å². The summed E-state index contributed by atoms with van der Waals surface area (Å²) in [6, 6.07) is 12.1. The number of sulfonamides is 1. The molecule has 4 rings (SSSR count). The summed E-state index contributed by atoms with van der Waals surface area (Å²) < 4.78 is 29.3. The minimum absolute atomic E-state index is 0.224. The molecule has 1 fully saturated rings. The van der Waals surface area contributed by atoms with E-state index in [2.05, 4.69) is 10.4 Å². The number of carbonyl (C=O) groups is 1. The first-order chi connectivity index (χ1) is 14.8. The van der Waals surface area contributed by atoms with Crippen molar-refractivity contribution in [2.24, 2.45) is 0 Å². The van der Waals surface area contributed by atoms with Crippen LogP contribution in [-0.4, -0.2) is 41.5 Å². The lowest BCUT2D eigenvalue weighted by atomic mass is 10.2. The molecule has 2 heterocycles. The Bertz CT molecular complexity index is 1220. The van der Waals surface area contributed by atoms with Crippen molar-refractivity contribution >= 4 is 33.2 Å². The van der Waals surface area contributed by atoms with E-state index in [1.807, 2.05) is 6.07 Å². The van der Waals surface area contributed by atoms with Gasteiger partial charge in [-0.15, -0.1) is 0 Å². The SMILES string of the molecule is Cc1ccc(NC(=O)c2cnn(-c3cccc(Cl)c3)c2)cc1S(=O)(=O)N1CCCCC1. The summed E-state index contributed by atoms with van der Waals surface area (Å²) in [5, 5.41) is 7.56. The maximum Gasteiger partial charge on any atom is 0.258 e. The summed E-state index contributed by atoms with van der Waals surface area (Å²) in [7, 11) is -3.60. The summed E-state index contributed by atoms with van der Waals surface area (Å²) in [6.07, 6.45) is 5.83. The quantitative estimate of drug-likeness (QED) is 0.619. The Balaban J connectivity index is 1.55. The number of hydrogen-bond donors (Lipinski definition) is 1. The Kier molecular flexibility index (Phi) is 6.13. The van der Waals surface area contributed by atoms with E-state index in [1.165, 1.54) is 16.6 Å². The van der Waals surface area contributed by atoms with Crippen LogP contribution in [0, 0.1) is 6.92 Å². The highest BCUT2D eigenvalue weighted by atomic mass is 35.5. The zero-order valence-electron chi connectivity index (χ0n) is 17.1. The van der Waals surface area contributed by atoms with Crippen LogP contribution in [-0.2, 0) is 10.0 Å². The smallest absolute Gasteiger partial charge is 0.258 e. The van der Waals surface area contributed by atoms with E-state index in [-0.39, 0.29) is 10.8 Å². The molecular weight excluding hydrogens is 436 g/mol. The van der Waals surface area contributed by atoms with Crippen molar-refractivity contribution in [1.29, 1.82) is 0 Å². The standard InChI is InChI=1S/C22H23ClN4O3S/c1-16-8-9-19(13-21(16)31(29,30)26-10-3-2-4-11-26)25-22(28)17-14-24-27(15-17)20-7-5-6-18(23)12-20/h5-9,12-15H,2-4,10-11H2,1H3,(H,25,28). The molecule has 0 saturated carbocycles. The lowest BCUT2D eigenvalue weighted by Gasteiger charge is -2.26.